The van der Waals surface area contributed by atoms with Crippen LogP contribution in [0.2, 0.25) is 0 Å². The van der Waals surface area contributed by atoms with Crippen molar-refractivity contribution in [1.29, 1.82) is 0 Å². The summed E-state index contributed by atoms with van der Waals surface area (Å²) in [6.45, 7) is 0. The second kappa shape index (κ2) is 5.11. The Hall–Kier alpha value is -0.670. The average molecular weight is 344 g/mol. The Bertz CT molecular complexity index is 483. The molecule has 3 heteroatoms. The fraction of sp³-hybridized carbons (Fsp3) is 0.0769. The zero-order valence-corrected chi connectivity index (χ0v) is 11.5. The summed E-state index contributed by atoms with van der Waals surface area (Å²) in [6.07, 6.45) is 0. The Balaban J connectivity index is 2.38. The summed E-state index contributed by atoms with van der Waals surface area (Å²) < 4.78 is 14.5. The van der Waals surface area contributed by atoms with Crippen LogP contribution in [0.1, 0.15) is 16.0 Å². The van der Waals surface area contributed by atoms with Crippen LogP contribution in [-0.2, 0) is 0 Å². The van der Waals surface area contributed by atoms with Crippen LogP contribution in [0.5, 0.6) is 0 Å². The molecule has 0 nitrogen and oxygen atoms in total. The lowest BCUT2D eigenvalue weighted by atomic mass is 10.0. The molecule has 2 rings (SSSR count). The van der Waals surface area contributed by atoms with Gasteiger partial charge in [-0.05, 0) is 17.7 Å². The van der Waals surface area contributed by atoms with Gasteiger partial charge in [0.15, 0.2) is 0 Å². The highest BCUT2D eigenvalue weighted by atomic mass is 79.9. The quantitative estimate of drug-likeness (QED) is 0.667. The third-order valence-corrected chi connectivity index (χ3v) is 3.84. The van der Waals surface area contributed by atoms with E-state index in [-0.39, 0.29) is 10.6 Å². The second-order valence-corrected chi connectivity index (χ2v) is 5.27. The minimum Gasteiger partial charge on any atom is -0.207 e. The first kappa shape index (κ1) is 11.8. The van der Waals surface area contributed by atoms with Crippen molar-refractivity contribution in [2.45, 2.75) is 4.83 Å². The Morgan fingerprint density at radius 3 is 2.31 bits per heavy atom. The first-order valence-electron chi connectivity index (χ1n) is 4.82. The molecule has 1 atom stereocenters. The summed E-state index contributed by atoms with van der Waals surface area (Å²) in [6, 6.07) is 14.9. The van der Waals surface area contributed by atoms with Gasteiger partial charge in [0.2, 0.25) is 0 Å². The molecule has 0 bridgehead atoms. The zero-order valence-electron chi connectivity index (χ0n) is 8.33. The van der Waals surface area contributed by atoms with Gasteiger partial charge in [-0.1, -0.05) is 68.3 Å². The van der Waals surface area contributed by atoms with Gasteiger partial charge in [-0.15, -0.1) is 0 Å². The predicted octanol–water partition coefficient (Wildman–Crippen LogP) is 5.07. The van der Waals surface area contributed by atoms with E-state index in [0.717, 1.165) is 10.0 Å². The summed E-state index contributed by atoms with van der Waals surface area (Å²) in [5.41, 5.74) is 1.69. The molecule has 0 saturated carbocycles. The van der Waals surface area contributed by atoms with Crippen LogP contribution in [0, 0.1) is 5.82 Å². The lowest BCUT2D eigenvalue weighted by Gasteiger charge is -2.11. The minimum absolute atomic E-state index is 0.109. The van der Waals surface area contributed by atoms with Gasteiger partial charge < -0.3 is 0 Å². The highest BCUT2D eigenvalue weighted by molar-refractivity contribution is 9.10. The predicted molar refractivity (Wildman–Crippen MR) is 71.3 cm³/mol. The van der Waals surface area contributed by atoms with Crippen molar-refractivity contribution < 1.29 is 4.39 Å². The number of halogens is 3. The number of rotatable bonds is 2. The first-order chi connectivity index (χ1) is 7.68. The number of hydrogen-bond acceptors (Lipinski definition) is 0. The summed E-state index contributed by atoms with van der Waals surface area (Å²) in [5, 5.41) is 0. The van der Waals surface area contributed by atoms with Gasteiger partial charge in [0.05, 0.1) is 4.83 Å². The summed E-state index contributed by atoms with van der Waals surface area (Å²) in [5.74, 6) is -0.208. The third kappa shape index (κ3) is 2.53. The van der Waals surface area contributed by atoms with Gasteiger partial charge in [0.1, 0.15) is 5.82 Å². The van der Waals surface area contributed by atoms with Crippen molar-refractivity contribution in [3.05, 3.63) is 69.9 Å². The van der Waals surface area contributed by atoms with Crippen molar-refractivity contribution in [3.8, 4) is 0 Å². The molecule has 0 aliphatic rings. The normalized spacial score (nSPS) is 12.4. The maximum absolute atomic E-state index is 13.7. The van der Waals surface area contributed by atoms with E-state index in [2.05, 4.69) is 31.9 Å². The zero-order chi connectivity index (χ0) is 11.5. The Morgan fingerprint density at radius 2 is 1.69 bits per heavy atom. The summed E-state index contributed by atoms with van der Waals surface area (Å²) in [7, 11) is 0. The third-order valence-electron chi connectivity index (χ3n) is 2.33. The maximum Gasteiger partial charge on any atom is 0.129 e. The van der Waals surface area contributed by atoms with E-state index in [0.29, 0.717) is 5.56 Å². The second-order valence-electron chi connectivity index (χ2n) is 3.44. The van der Waals surface area contributed by atoms with E-state index in [1.165, 1.54) is 6.07 Å². The molecule has 2 aromatic rings. The monoisotopic (exact) mass is 342 g/mol. The van der Waals surface area contributed by atoms with Crippen molar-refractivity contribution in [3.63, 3.8) is 0 Å². The van der Waals surface area contributed by atoms with Gasteiger partial charge in [-0.3, -0.25) is 0 Å². The molecule has 0 radical (unpaired) electrons. The lowest BCUT2D eigenvalue weighted by Crippen LogP contribution is -1.96. The largest absolute Gasteiger partial charge is 0.207 e. The van der Waals surface area contributed by atoms with E-state index in [9.17, 15) is 4.39 Å². The number of alkyl halides is 1. The molecule has 16 heavy (non-hydrogen) atoms. The van der Waals surface area contributed by atoms with Gasteiger partial charge in [-0.25, -0.2) is 4.39 Å². The summed E-state index contributed by atoms with van der Waals surface area (Å²) >= 11 is 6.76. The maximum atomic E-state index is 13.7. The molecule has 0 spiro atoms. The van der Waals surface area contributed by atoms with Gasteiger partial charge in [0, 0.05) is 10.0 Å². The van der Waals surface area contributed by atoms with Crippen LogP contribution < -0.4 is 0 Å². The fourth-order valence-electron chi connectivity index (χ4n) is 1.51. The molecular formula is C13H9Br2F. The lowest BCUT2D eigenvalue weighted by molar-refractivity contribution is 0.612. The molecule has 0 N–H and O–H groups in total. The molecule has 1 unspecified atom stereocenters. The molecule has 0 fully saturated rings. The van der Waals surface area contributed by atoms with E-state index in [1.54, 1.807) is 6.07 Å². The molecule has 0 heterocycles. The molecule has 0 saturated heterocycles. The van der Waals surface area contributed by atoms with Crippen LogP contribution in [0.4, 0.5) is 4.39 Å². The van der Waals surface area contributed by atoms with Crippen molar-refractivity contribution in [2.24, 2.45) is 0 Å². The topological polar surface area (TPSA) is 0 Å². The molecule has 0 aromatic heterocycles. The highest BCUT2D eigenvalue weighted by Gasteiger charge is 2.14. The smallest absolute Gasteiger partial charge is 0.129 e. The molecular weight excluding hydrogens is 335 g/mol. The fourth-order valence-corrected chi connectivity index (χ4v) is 2.52. The highest BCUT2D eigenvalue weighted by Crippen LogP contribution is 2.33. The van der Waals surface area contributed by atoms with Crippen molar-refractivity contribution in [2.75, 3.05) is 0 Å². The van der Waals surface area contributed by atoms with Gasteiger partial charge in [0.25, 0.3) is 0 Å². The molecule has 82 valence electrons. The molecule has 0 aliphatic heterocycles. The van der Waals surface area contributed by atoms with Crippen LogP contribution in [0.25, 0.3) is 0 Å². The summed E-state index contributed by atoms with van der Waals surface area (Å²) in [4.78, 5) is -0.109. The van der Waals surface area contributed by atoms with Crippen LogP contribution in [0.15, 0.2) is 53.0 Å². The van der Waals surface area contributed by atoms with Crippen molar-refractivity contribution >= 4 is 31.9 Å². The molecule has 0 aliphatic carbocycles. The van der Waals surface area contributed by atoms with E-state index < -0.39 is 0 Å². The SMILES string of the molecule is Fc1cc(Br)ccc1C(Br)c1ccccc1. The van der Waals surface area contributed by atoms with E-state index >= 15 is 0 Å². The first-order valence-corrected chi connectivity index (χ1v) is 6.53. The van der Waals surface area contributed by atoms with Gasteiger partial charge >= 0.3 is 0 Å². The molecule has 2 aromatic carbocycles. The number of benzene rings is 2. The van der Waals surface area contributed by atoms with Crippen LogP contribution in [-0.4, -0.2) is 0 Å². The number of hydrogen-bond donors (Lipinski definition) is 0. The van der Waals surface area contributed by atoms with Crippen LogP contribution >= 0.6 is 31.9 Å². The Morgan fingerprint density at radius 1 is 1.00 bits per heavy atom. The average Bonchev–Trinajstić information content (AvgIpc) is 2.29. The van der Waals surface area contributed by atoms with Crippen molar-refractivity contribution in [1.82, 2.24) is 0 Å². The molecule has 0 amide bonds. The standard InChI is InChI=1S/C13H9Br2F/c14-10-6-7-11(12(16)8-10)13(15)9-4-2-1-3-5-9/h1-8,13H. The Labute approximate surface area is 111 Å². The Kier molecular flexibility index (Phi) is 3.77. The van der Waals surface area contributed by atoms with E-state index in [1.807, 2.05) is 36.4 Å². The van der Waals surface area contributed by atoms with E-state index in [4.69, 9.17) is 0 Å². The van der Waals surface area contributed by atoms with Crippen LogP contribution in [0.3, 0.4) is 0 Å². The van der Waals surface area contributed by atoms with Gasteiger partial charge in [-0.2, -0.15) is 0 Å². The minimum atomic E-state index is -0.208.